The van der Waals surface area contributed by atoms with Crippen LogP contribution >= 0.6 is 0 Å². The Morgan fingerprint density at radius 1 is 1.50 bits per heavy atom. The quantitative estimate of drug-likeness (QED) is 0.856. The zero-order valence-electron chi connectivity index (χ0n) is 8.20. The summed E-state index contributed by atoms with van der Waals surface area (Å²) in [5, 5.41) is 11.9. The lowest BCUT2D eigenvalue weighted by Gasteiger charge is -2.06. The lowest BCUT2D eigenvalue weighted by Crippen LogP contribution is -2.09. The van der Waals surface area contributed by atoms with Gasteiger partial charge in [-0.05, 0) is 12.1 Å². The summed E-state index contributed by atoms with van der Waals surface area (Å²) in [6.07, 6.45) is 0. The maximum Gasteiger partial charge on any atom is 0.336 e. The molecule has 0 bridgehead atoms. The third-order valence-corrected chi connectivity index (χ3v) is 2.14. The first kappa shape index (κ1) is 10.5. The molecule has 4 nitrogen and oxygen atoms in total. The van der Waals surface area contributed by atoms with Crippen molar-refractivity contribution in [3.63, 3.8) is 0 Å². The number of carboxylic acids is 1. The molecule has 1 heterocycles. The molecule has 0 aliphatic rings. The summed E-state index contributed by atoms with van der Waals surface area (Å²) in [6.45, 7) is 0.642. The summed E-state index contributed by atoms with van der Waals surface area (Å²) in [7, 11) is 0. The van der Waals surface area contributed by atoms with E-state index in [-0.39, 0.29) is 16.5 Å². The highest BCUT2D eigenvalue weighted by Crippen LogP contribution is 2.34. The number of aromatic carboxylic acids is 1. The van der Waals surface area contributed by atoms with Crippen molar-refractivity contribution in [2.45, 2.75) is 12.8 Å². The Balaban J connectivity index is 2.83. The molecule has 0 saturated heterocycles. The number of aromatic nitrogens is 1. The van der Waals surface area contributed by atoms with Gasteiger partial charge in [0.1, 0.15) is 0 Å². The summed E-state index contributed by atoms with van der Waals surface area (Å²) in [4.78, 5) is 10.9. The molecule has 0 amide bonds. The van der Waals surface area contributed by atoms with Crippen LogP contribution in [0.3, 0.4) is 0 Å². The van der Waals surface area contributed by atoms with Gasteiger partial charge in [-0.3, -0.25) is 0 Å². The van der Waals surface area contributed by atoms with Crippen molar-refractivity contribution >= 4 is 16.9 Å². The van der Waals surface area contributed by atoms with Crippen molar-refractivity contribution in [2.75, 3.05) is 0 Å². The predicted molar refractivity (Wildman–Crippen MR) is 50.5 cm³/mol. The highest BCUT2D eigenvalue weighted by molar-refractivity contribution is 6.03. The monoisotopic (exact) mass is 227 g/mol. The highest BCUT2D eigenvalue weighted by Gasteiger charge is 2.33. The van der Waals surface area contributed by atoms with Gasteiger partial charge < -0.3 is 9.63 Å². The fraction of sp³-hybridized carbons (Fsp3) is 0.200. The molecule has 0 fully saturated rings. The second kappa shape index (κ2) is 3.26. The molecule has 0 unspecified atom stereocenters. The summed E-state index contributed by atoms with van der Waals surface area (Å²) < 4.78 is 31.0. The van der Waals surface area contributed by atoms with Crippen molar-refractivity contribution in [1.82, 2.24) is 5.16 Å². The van der Waals surface area contributed by atoms with Crippen LogP contribution in [0.5, 0.6) is 0 Å². The molecule has 1 N–H and O–H groups in total. The van der Waals surface area contributed by atoms with E-state index < -0.39 is 17.6 Å². The van der Waals surface area contributed by atoms with Crippen LogP contribution in [0.1, 0.15) is 23.0 Å². The van der Waals surface area contributed by atoms with Crippen LogP contribution in [0.25, 0.3) is 11.0 Å². The smallest absolute Gasteiger partial charge is 0.336 e. The fourth-order valence-corrected chi connectivity index (χ4v) is 1.47. The van der Waals surface area contributed by atoms with Crippen LogP contribution in [0, 0.1) is 0 Å². The molecule has 0 aliphatic carbocycles. The van der Waals surface area contributed by atoms with E-state index in [2.05, 4.69) is 9.68 Å². The van der Waals surface area contributed by atoms with Gasteiger partial charge in [0.2, 0.25) is 0 Å². The van der Waals surface area contributed by atoms with E-state index in [0.717, 1.165) is 0 Å². The maximum atomic E-state index is 13.1. The third kappa shape index (κ3) is 1.52. The van der Waals surface area contributed by atoms with Gasteiger partial charge in [0.05, 0.1) is 10.9 Å². The minimum Gasteiger partial charge on any atom is -0.478 e. The molecule has 0 spiro atoms. The van der Waals surface area contributed by atoms with Gasteiger partial charge in [-0.1, -0.05) is 11.2 Å². The van der Waals surface area contributed by atoms with Crippen molar-refractivity contribution in [2.24, 2.45) is 0 Å². The van der Waals surface area contributed by atoms with E-state index in [9.17, 15) is 13.6 Å². The third-order valence-electron chi connectivity index (χ3n) is 2.14. The maximum absolute atomic E-state index is 13.1. The average Bonchev–Trinajstić information content (AvgIpc) is 2.59. The minimum atomic E-state index is -3.24. The highest BCUT2D eigenvalue weighted by atomic mass is 19.3. The average molecular weight is 227 g/mol. The Kier molecular flexibility index (Phi) is 2.15. The minimum absolute atomic E-state index is 0.0384. The van der Waals surface area contributed by atoms with E-state index in [1.54, 1.807) is 0 Å². The number of carboxylic acid groups (broad SMARTS) is 1. The topological polar surface area (TPSA) is 63.3 Å². The molecular weight excluding hydrogens is 220 g/mol. The zero-order valence-corrected chi connectivity index (χ0v) is 8.20. The predicted octanol–water partition coefficient (Wildman–Crippen LogP) is 2.64. The first-order valence-corrected chi connectivity index (χ1v) is 4.41. The standard InChI is InChI=1S/C10H7F2NO3/c1-10(11,12)8-7-5(9(14)15)3-2-4-6(7)16-13-8/h2-4H,1H3,(H,14,15). The SMILES string of the molecule is CC(F)(F)c1noc2cccc(C(=O)O)c12. The molecule has 1 aromatic carbocycles. The number of fused-ring (bicyclic) bond motifs is 1. The molecule has 1 aromatic heterocycles. The number of benzene rings is 1. The number of carbonyl (C=O) groups is 1. The van der Waals surface area contributed by atoms with Crippen LogP contribution in [-0.2, 0) is 5.92 Å². The molecule has 16 heavy (non-hydrogen) atoms. The Labute approximate surface area is 88.5 Å². The molecule has 0 aliphatic heterocycles. The number of alkyl halides is 2. The summed E-state index contributed by atoms with van der Waals surface area (Å²) >= 11 is 0. The summed E-state index contributed by atoms with van der Waals surface area (Å²) in [5.74, 6) is -4.53. The Morgan fingerprint density at radius 2 is 2.19 bits per heavy atom. The van der Waals surface area contributed by atoms with E-state index in [1.807, 2.05) is 0 Å². The Bertz CT molecular complexity index is 557. The summed E-state index contributed by atoms with van der Waals surface area (Å²) in [5.41, 5.74) is -0.854. The van der Waals surface area contributed by atoms with Crippen molar-refractivity contribution < 1.29 is 23.2 Å². The fourth-order valence-electron chi connectivity index (χ4n) is 1.47. The van der Waals surface area contributed by atoms with Gasteiger partial charge in [-0.25, -0.2) is 4.79 Å². The zero-order chi connectivity index (χ0) is 11.9. The van der Waals surface area contributed by atoms with Gasteiger partial charge in [0, 0.05) is 6.92 Å². The molecule has 84 valence electrons. The van der Waals surface area contributed by atoms with Crippen molar-refractivity contribution in [1.29, 1.82) is 0 Å². The normalized spacial score (nSPS) is 11.9. The lowest BCUT2D eigenvalue weighted by molar-refractivity contribution is 0.0112. The number of hydrogen-bond donors (Lipinski definition) is 1. The van der Waals surface area contributed by atoms with Crippen LogP contribution in [0.4, 0.5) is 8.78 Å². The summed E-state index contributed by atoms with van der Waals surface area (Å²) in [6, 6.07) is 4.04. The molecule has 0 atom stereocenters. The first-order chi connectivity index (χ1) is 7.41. The second-order valence-corrected chi connectivity index (χ2v) is 3.40. The molecular formula is C10H7F2NO3. The lowest BCUT2D eigenvalue weighted by atomic mass is 10.1. The Morgan fingerprint density at radius 3 is 2.75 bits per heavy atom. The van der Waals surface area contributed by atoms with Gasteiger partial charge in [0.25, 0.3) is 5.92 Å². The largest absolute Gasteiger partial charge is 0.478 e. The number of nitrogens with zero attached hydrogens (tertiary/aromatic N) is 1. The van der Waals surface area contributed by atoms with Gasteiger partial charge in [-0.15, -0.1) is 0 Å². The molecule has 0 radical (unpaired) electrons. The molecule has 2 aromatic rings. The number of halogens is 2. The van der Waals surface area contributed by atoms with E-state index in [1.165, 1.54) is 18.2 Å². The van der Waals surface area contributed by atoms with E-state index >= 15 is 0 Å². The van der Waals surface area contributed by atoms with Gasteiger partial charge in [0.15, 0.2) is 11.3 Å². The van der Waals surface area contributed by atoms with Gasteiger partial charge in [-0.2, -0.15) is 8.78 Å². The Hall–Kier alpha value is -1.98. The van der Waals surface area contributed by atoms with Crippen molar-refractivity contribution in [3.8, 4) is 0 Å². The van der Waals surface area contributed by atoms with Crippen LogP contribution in [0.15, 0.2) is 22.7 Å². The van der Waals surface area contributed by atoms with Crippen LogP contribution in [-0.4, -0.2) is 16.2 Å². The molecule has 0 saturated carbocycles. The van der Waals surface area contributed by atoms with Crippen LogP contribution < -0.4 is 0 Å². The van der Waals surface area contributed by atoms with Gasteiger partial charge >= 0.3 is 5.97 Å². The van der Waals surface area contributed by atoms with Crippen molar-refractivity contribution in [3.05, 3.63) is 29.5 Å². The number of hydrogen-bond acceptors (Lipinski definition) is 3. The molecule has 6 heteroatoms. The van der Waals surface area contributed by atoms with E-state index in [0.29, 0.717) is 6.92 Å². The van der Waals surface area contributed by atoms with E-state index in [4.69, 9.17) is 5.11 Å². The number of rotatable bonds is 2. The molecule has 2 rings (SSSR count). The second-order valence-electron chi connectivity index (χ2n) is 3.40. The first-order valence-electron chi connectivity index (χ1n) is 4.41. The van der Waals surface area contributed by atoms with Crippen LogP contribution in [0.2, 0.25) is 0 Å².